The Balaban J connectivity index is 1.45. The van der Waals surface area contributed by atoms with Crippen molar-refractivity contribution in [2.45, 2.75) is 20.8 Å². The van der Waals surface area contributed by atoms with Gasteiger partial charge in [0.2, 0.25) is 5.17 Å². The van der Waals surface area contributed by atoms with Gasteiger partial charge in [0.25, 0.3) is 5.91 Å². The molecule has 34 heavy (non-hydrogen) atoms. The van der Waals surface area contributed by atoms with E-state index in [1.54, 1.807) is 31.4 Å². The van der Waals surface area contributed by atoms with Gasteiger partial charge in [0.15, 0.2) is 17.3 Å². The van der Waals surface area contributed by atoms with Gasteiger partial charge >= 0.3 is 0 Å². The van der Waals surface area contributed by atoms with Gasteiger partial charge in [-0.1, -0.05) is 38.1 Å². The summed E-state index contributed by atoms with van der Waals surface area (Å²) in [6.07, 6.45) is 1.62. The number of nitrogens with zero attached hydrogens (tertiary/aromatic N) is 3. The van der Waals surface area contributed by atoms with Crippen molar-refractivity contribution in [3.63, 3.8) is 0 Å². The number of carbonyl (C=O) groups is 1. The lowest BCUT2D eigenvalue weighted by Gasteiger charge is -2.20. The Labute approximate surface area is 202 Å². The third-order valence-electron chi connectivity index (χ3n) is 5.15. The van der Waals surface area contributed by atoms with Crippen LogP contribution in [0.5, 0.6) is 17.2 Å². The van der Waals surface area contributed by atoms with Crippen LogP contribution in [0, 0.1) is 18.3 Å². The Morgan fingerprint density at radius 3 is 2.53 bits per heavy atom. The largest absolute Gasteiger partial charge is 0.493 e. The first-order valence-corrected chi connectivity index (χ1v) is 11.7. The van der Waals surface area contributed by atoms with Crippen molar-refractivity contribution in [2.75, 3.05) is 20.3 Å². The van der Waals surface area contributed by atoms with Crippen LogP contribution in [0.25, 0.3) is 6.08 Å². The van der Waals surface area contributed by atoms with Gasteiger partial charge in [-0.2, -0.15) is 15.1 Å². The van der Waals surface area contributed by atoms with E-state index in [-0.39, 0.29) is 17.3 Å². The smallest absolute Gasteiger partial charge is 0.283 e. The second-order valence-corrected chi connectivity index (χ2v) is 8.97. The molecule has 1 N–H and O–H groups in total. The molecule has 0 fully saturated rings. The molecule has 2 aliphatic rings. The fourth-order valence-corrected chi connectivity index (χ4v) is 4.21. The predicted octanol–water partition coefficient (Wildman–Crippen LogP) is 4.74. The van der Waals surface area contributed by atoms with Crippen LogP contribution in [0.3, 0.4) is 0 Å². The van der Waals surface area contributed by atoms with E-state index in [0.29, 0.717) is 35.4 Å². The molecule has 0 aromatic heterocycles. The zero-order chi connectivity index (χ0) is 24.2. The highest BCUT2D eigenvalue weighted by atomic mass is 32.2. The predicted molar refractivity (Wildman–Crippen MR) is 135 cm³/mol. The van der Waals surface area contributed by atoms with E-state index in [2.05, 4.69) is 10.1 Å². The third kappa shape index (κ3) is 4.99. The summed E-state index contributed by atoms with van der Waals surface area (Å²) in [6.45, 7) is 6.75. The van der Waals surface area contributed by atoms with Gasteiger partial charge < -0.3 is 14.2 Å². The van der Waals surface area contributed by atoms with Crippen LogP contribution >= 0.6 is 11.8 Å². The molecule has 2 aromatic rings. The van der Waals surface area contributed by atoms with Gasteiger partial charge in [-0.15, -0.1) is 0 Å². The van der Waals surface area contributed by atoms with Gasteiger partial charge in [0, 0.05) is 5.92 Å². The zero-order valence-corrected chi connectivity index (χ0v) is 20.3. The molecule has 0 spiro atoms. The average molecular weight is 479 g/mol. The normalized spacial score (nSPS) is 16.5. The molecule has 4 rings (SSSR count). The second kappa shape index (κ2) is 10.1. The number of thioether (sulfide) groups is 1. The van der Waals surface area contributed by atoms with E-state index < -0.39 is 5.91 Å². The first kappa shape index (κ1) is 23.6. The molecule has 2 aliphatic heterocycles. The molecule has 2 aromatic carbocycles. The Morgan fingerprint density at radius 1 is 1.09 bits per heavy atom. The summed E-state index contributed by atoms with van der Waals surface area (Å²) in [4.78, 5) is 16.7. The Hall–Kier alpha value is -3.59. The van der Waals surface area contributed by atoms with Crippen LogP contribution < -0.4 is 14.2 Å². The van der Waals surface area contributed by atoms with E-state index in [9.17, 15) is 4.79 Å². The van der Waals surface area contributed by atoms with E-state index in [1.165, 1.54) is 16.8 Å². The van der Waals surface area contributed by atoms with E-state index >= 15 is 0 Å². The second-order valence-electron chi connectivity index (χ2n) is 7.99. The summed E-state index contributed by atoms with van der Waals surface area (Å²) >= 11 is 1.33. The minimum Gasteiger partial charge on any atom is -0.493 e. The third-order valence-corrected chi connectivity index (χ3v) is 6.36. The topological polar surface area (TPSA) is 96.6 Å². The molecule has 0 bridgehead atoms. The number of hydrazone groups is 1. The molecule has 0 aliphatic carbocycles. The number of rotatable bonds is 8. The number of hydrogen-bond donors (Lipinski definition) is 1. The lowest BCUT2D eigenvalue weighted by Crippen LogP contribution is -2.35. The lowest BCUT2D eigenvalue weighted by molar-refractivity contribution is -0.114. The monoisotopic (exact) mass is 478 g/mol. The molecule has 9 heteroatoms. The number of ether oxygens (including phenoxy) is 3. The Morgan fingerprint density at radius 2 is 1.82 bits per heavy atom. The van der Waals surface area contributed by atoms with E-state index in [4.69, 9.17) is 19.6 Å². The van der Waals surface area contributed by atoms with Gasteiger partial charge in [-0.05, 0) is 54.1 Å². The van der Waals surface area contributed by atoms with Crippen molar-refractivity contribution in [2.24, 2.45) is 16.0 Å². The number of benzene rings is 2. The molecule has 8 nitrogen and oxygen atoms in total. The van der Waals surface area contributed by atoms with Gasteiger partial charge in [-0.3, -0.25) is 10.2 Å². The molecule has 0 radical (unpaired) electrons. The summed E-state index contributed by atoms with van der Waals surface area (Å²) < 4.78 is 17.1. The van der Waals surface area contributed by atoms with Crippen molar-refractivity contribution in [3.8, 4) is 17.2 Å². The average Bonchev–Trinajstić information content (AvgIpc) is 3.25. The molecule has 0 saturated carbocycles. The van der Waals surface area contributed by atoms with Gasteiger partial charge in [0.05, 0.1) is 12.7 Å². The van der Waals surface area contributed by atoms with Crippen LogP contribution in [-0.2, 0) is 4.79 Å². The first-order chi connectivity index (χ1) is 16.4. The van der Waals surface area contributed by atoms with Crippen molar-refractivity contribution >= 4 is 39.8 Å². The lowest BCUT2D eigenvalue weighted by atomic mass is 10.1. The first-order valence-electron chi connectivity index (χ1n) is 10.9. The highest BCUT2D eigenvalue weighted by Crippen LogP contribution is 2.32. The van der Waals surface area contributed by atoms with Crippen LogP contribution in [0.2, 0.25) is 0 Å². The molecule has 0 atom stereocenters. The summed E-state index contributed by atoms with van der Waals surface area (Å²) in [5.74, 6) is 1.63. The molecule has 176 valence electrons. The number of nitrogens with one attached hydrogen (secondary N) is 1. The summed E-state index contributed by atoms with van der Waals surface area (Å²) in [6, 6.07) is 13.1. The summed E-state index contributed by atoms with van der Waals surface area (Å²) in [7, 11) is 1.55. The van der Waals surface area contributed by atoms with Crippen LogP contribution in [0.4, 0.5) is 0 Å². The van der Waals surface area contributed by atoms with Crippen molar-refractivity contribution < 1.29 is 19.0 Å². The fourth-order valence-electron chi connectivity index (χ4n) is 3.32. The Bertz CT molecular complexity index is 1220. The molecule has 0 saturated heterocycles. The van der Waals surface area contributed by atoms with E-state index in [0.717, 1.165) is 16.4 Å². The highest BCUT2D eigenvalue weighted by Gasteiger charge is 2.36. The molecule has 2 heterocycles. The van der Waals surface area contributed by atoms with Crippen LogP contribution in [0.1, 0.15) is 25.0 Å². The molecular formula is C25H26N4O4S. The van der Waals surface area contributed by atoms with Crippen molar-refractivity contribution in [1.82, 2.24) is 5.01 Å². The molecular weight excluding hydrogens is 452 g/mol. The quantitative estimate of drug-likeness (QED) is 0.435. The number of amidine groups is 2. The minimum absolute atomic E-state index is 0.00537. The summed E-state index contributed by atoms with van der Waals surface area (Å²) in [5, 5.41) is 15.6. The van der Waals surface area contributed by atoms with Crippen LogP contribution in [0.15, 0.2) is 58.1 Å². The van der Waals surface area contributed by atoms with E-state index in [1.807, 2.05) is 45.0 Å². The van der Waals surface area contributed by atoms with Crippen molar-refractivity contribution in [3.05, 3.63) is 59.2 Å². The number of amides is 1. The van der Waals surface area contributed by atoms with Crippen molar-refractivity contribution in [1.29, 1.82) is 5.41 Å². The summed E-state index contributed by atoms with van der Waals surface area (Å²) in [5.41, 5.74) is 1.92. The maximum atomic E-state index is 12.6. The fraction of sp³-hybridized carbons (Fsp3) is 0.280. The number of carbonyl (C=O) groups excluding carboxylic acids is 1. The number of hydrogen-bond acceptors (Lipinski definition) is 7. The Kier molecular flexibility index (Phi) is 7.02. The number of fused-ring (bicyclic) bond motifs is 1. The SMILES string of the molecule is COc1cc(/C=C2/C(=N)N3N=C(C(C)C)SC3=NC2=O)ccc1OCCOc1ccccc1C. The highest BCUT2D eigenvalue weighted by molar-refractivity contribution is 8.27. The standard InChI is InChI=1S/C25H26N4O4S/c1-15(2)24-28-29-22(26)18(23(30)27-25(29)34-24)13-17-9-10-20(21(14-17)31-4)33-12-11-32-19-8-6-5-7-16(19)3/h5-10,13-15,26H,11-12H2,1-4H3/b18-13-,26-22?. The number of para-hydroxylation sites is 1. The zero-order valence-electron chi connectivity index (χ0n) is 19.5. The maximum Gasteiger partial charge on any atom is 0.283 e. The number of methoxy groups -OCH3 is 1. The van der Waals surface area contributed by atoms with Gasteiger partial charge in [-0.25, -0.2) is 0 Å². The number of aryl methyl sites for hydroxylation is 1. The molecule has 1 amide bonds. The minimum atomic E-state index is -0.461. The molecule has 0 unspecified atom stereocenters. The van der Waals surface area contributed by atoms with Crippen LogP contribution in [-0.4, -0.2) is 47.3 Å². The number of aliphatic imine (C=N–C) groups is 1. The maximum absolute atomic E-state index is 12.6. The van der Waals surface area contributed by atoms with Gasteiger partial charge in [0.1, 0.15) is 24.0 Å².